The lowest BCUT2D eigenvalue weighted by Crippen LogP contribution is -2.32. The van der Waals surface area contributed by atoms with Crippen molar-refractivity contribution in [1.82, 2.24) is 14.8 Å². The van der Waals surface area contributed by atoms with E-state index in [1.807, 2.05) is 12.1 Å². The number of unbranched alkanes of at least 4 members (excludes halogenated alkanes) is 10. The molecule has 3 rings (SSSR count). The van der Waals surface area contributed by atoms with Crippen LogP contribution in [0.4, 0.5) is 0 Å². The highest BCUT2D eigenvalue weighted by atomic mass is 16.5. The van der Waals surface area contributed by atoms with Crippen LogP contribution in [0.5, 0.6) is 5.75 Å². The highest BCUT2D eigenvalue weighted by Gasteiger charge is 2.18. The quantitative estimate of drug-likeness (QED) is 0.108. The topological polar surface area (TPSA) is 63.6 Å². The number of carbonyl (C=O) groups is 2. The van der Waals surface area contributed by atoms with Crippen LogP contribution in [-0.4, -0.2) is 48.0 Å². The predicted octanol–water partition coefficient (Wildman–Crippen LogP) is 9.00. The van der Waals surface area contributed by atoms with Gasteiger partial charge in [-0.2, -0.15) is 0 Å². The van der Waals surface area contributed by atoms with Crippen LogP contribution in [0, 0.1) is 6.92 Å². The molecular formula is C39H59N3O3. The Morgan fingerprint density at radius 3 is 2.20 bits per heavy atom. The third-order valence-electron chi connectivity index (χ3n) is 8.99. The Balaban J connectivity index is 1.39. The van der Waals surface area contributed by atoms with Crippen molar-refractivity contribution in [1.29, 1.82) is 0 Å². The molecule has 0 bridgehead atoms. The summed E-state index contributed by atoms with van der Waals surface area (Å²) in [6.07, 6.45) is 16.0. The van der Waals surface area contributed by atoms with Crippen LogP contribution in [0.1, 0.15) is 121 Å². The molecule has 1 aromatic heterocycles. The predicted molar refractivity (Wildman–Crippen MR) is 188 cm³/mol. The van der Waals surface area contributed by atoms with E-state index in [9.17, 15) is 9.59 Å². The van der Waals surface area contributed by atoms with Crippen LogP contribution in [0.25, 0.3) is 10.9 Å². The van der Waals surface area contributed by atoms with Gasteiger partial charge in [-0.25, -0.2) is 0 Å². The van der Waals surface area contributed by atoms with Crippen LogP contribution in [0.2, 0.25) is 0 Å². The zero-order chi connectivity index (χ0) is 32.3. The van der Waals surface area contributed by atoms with Gasteiger partial charge >= 0.3 is 0 Å². The Hall–Kier alpha value is -3.28. The van der Waals surface area contributed by atoms with Gasteiger partial charge in [-0.1, -0.05) is 102 Å². The molecule has 0 aliphatic heterocycles. The first-order valence-electron chi connectivity index (χ1n) is 17.7. The fourth-order valence-electron chi connectivity index (χ4n) is 6.18. The summed E-state index contributed by atoms with van der Waals surface area (Å²) in [4.78, 5) is 28.0. The molecule has 0 unspecified atom stereocenters. The van der Waals surface area contributed by atoms with Crippen molar-refractivity contribution < 1.29 is 14.3 Å². The van der Waals surface area contributed by atoms with E-state index in [1.165, 1.54) is 37.7 Å². The maximum absolute atomic E-state index is 13.0. The smallest absolute Gasteiger partial charge is 0.224 e. The molecule has 0 aliphatic rings. The third kappa shape index (κ3) is 12.2. The first-order chi connectivity index (χ1) is 22.0. The number of ether oxygens (including phenoxy) is 1. The van der Waals surface area contributed by atoms with E-state index in [0.717, 1.165) is 98.9 Å². The van der Waals surface area contributed by atoms with Crippen molar-refractivity contribution in [3.8, 4) is 5.75 Å². The van der Waals surface area contributed by atoms with Crippen LogP contribution < -0.4 is 10.1 Å². The number of aromatic nitrogens is 1. The molecule has 6 nitrogen and oxygen atoms in total. The maximum Gasteiger partial charge on any atom is 0.224 e. The molecule has 45 heavy (non-hydrogen) atoms. The SMILES string of the molecule is CCCCCCCCN(CCCC)C(=O)CCCCCCCNC(=O)Cc1c(C)n(Cc2ccccc2)c2ccc(OC)cc12. The number of rotatable bonds is 23. The summed E-state index contributed by atoms with van der Waals surface area (Å²) in [7, 11) is 1.68. The summed E-state index contributed by atoms with van der Waals surface area (Å²) in [5.41, 5.74) is 4.53. The number of benzene rings is 2. The number of hydrogen-bond acceptors (Lipinski definition) is 3. The standard InChI is InChI=1S/C39H59N3O3/c1-5-7-9-10-14-20-28-41(27-8-6-2)39(44)23-18-12-11-13-19-26-40-38(43)30-35-32(3)42(31-33-21-16-15-17-22-33)37-25-24-34(45-4)29-36(35)37/h15-17,21-22,24-25,29H,5-14,18-20,23,26-28,30-31H2,1-4H3,(H,40,43). The summed E-state index contributed by atoms with van der Waals surface area (Å²) < 4.78 is 7.81. The lowest BCUT2D eigenvalue weighted by atomic mass is 10.1. The van der Waals surface area contributed by atoms with Crippen molar-refractivity contribution in [3.05, 3.63) is 65.4 Å². The molecule has 0 radical (unpaired) electrons. The number of methoxy groups -OCH3 is 1. The molecule has 0 saturated carbocycles. The fraction of sp³-hybridized carbons (Fsp3) is 0.590. The molecule has 1 N–H and O–H groups in total. The normalized spacial score (nSPS) is 11.2. The Bertz CT molecular complexity index is 1280. The minimum atomic E-state index is 0.0582. The average Bonchev–Trinajstić information content (AvgIpc) is 3.30. The number of amides is 2. The molecular weight excluding hydrogens is 558 g/mol. The molecule has 0 spiro atoms. The lowest BCUT2D eigenvalue weighted by Gasteiger charge is -2.22. The second-order valence-electron chi connectivity index (χ2n) is 12.6. The molecule has 1 heterocycles. The van der Waals surface area contributed by atoms with Crippen molar-refractivity contribution in [2.24, 2.45) is 0 Å². The van der Waals surface area contributed by atoms with E-state index in [0.29, 0.717) is 25.3 Å². The van der Waals surface area contributed by atoms with Gasteiger partial charge < -0.3 is 19.5 Å². The first-order valence-corrected chi connectivity index (χ1v) is 17.7. The molecule has 6 heteroatoms. The van der Waals surface area contributed by atoms with Crippen LogP contribution in [0.15, 0.2) is 48.5 Å². The number of fused-ring (bicyclic) bond motifs is 1. The van der Waals surface area contributed by atoms with E-state index < -0.39 is 0 Å². The average molecular weight is 618 g/mol. The summed E-state index contributed by atoms with van der Waals surface area (Å²) >= 11 is 0. The van der Waals surface area contributed by atoms with E-state index in [-0.39, 0.29) is 5.91 Å². The zero-order valence-corrected chi connectivity index (χ0v) is 28.7. The van der Waals surface area contributed by atoms with Crippen LogP contribution in [0.3, 0.4) is 0 Å². The Labute approximate surface area is 272 Å². The Morgan fingerprint density at radius 1 is 0.800 bits per heavy atom. The number of nitrogens with one attached hydrogen (secondary N) is 1. The third-order valence-corrected chi connectivity index (χ3v) is 8.99. The van der Waals surface area contributed by atoms with Crippen LogP contribution >= 0.6 is 0 Å². The van der Waals surface area contributed by atoms with Gasteiger partial charge in [0.1, 0.15) is 5.75 Å². The van der Waals surface area contributed by atoms with Crippen LogP contribution in [-0.2, 0) is 22.6 Å². The van der Waals surface area contributed by atoms with Crippen molar-refractivity contribution in [2.45, 2.75) is 124 Å². The van der Waals surface area contributed by atoms with E-state index in [2.05, 4.69) is 72.0 Å². The zero-order valence-electron chi connectivity index (χ0n) is 28.7. The Kier molecular flexibility index (Phi) is 16.6. The minimum Gasteiger partial charge on any atom is -0.497 e. The second-order valence-corrected chi connectivity index (χ2v) is 12.6. The molecule has 248 valence electrons. The van der Waals surface area contributed by atoms with Gasteiger partial charge in [0.2, 0.25) is 11.8 Å². The van der Waals surface area contributed by atoms with Gasteiger partial charge in [-0.05, 0) is 61.9 Å². The highest BCUT2D eigenvalue weighted by molar-refractivity contribution is 5.91. The van der Waals surface area contributed by atoms with Gasteiger partial charge in [-0.3, -0.25) is 9.59 Å². The summed E-state index contributed by atoms with van der Waals surface area (Å²) in [6, 6.07) is 16.6. The second kappa shape index (κ2) is 20.7. The minimum absolute atomic E-state index is 0.0582. The van der Waals surface area contributed by atoms with Crippen molar-refractivity contribution >= 4 is 22.7 Å². The van der Waals surface area contributed by atoms with Gasteiger partial charge in [0.05, 0.1) is 13.5 Å². The molecule has 0 fully saturated rings. The molecule has 0 atom stereocenters. The lowest BCUT2D eigenvalue weighted by molar-refractivity contribution is -0.131. The van der Waals surface area contributed by atoms with E-state index >= 15 is 0 Å². The number of nitrogens with zero attached hydrogens (tertiary/aromatic N) is 2. The number of carbonyl (C=O) groups excluding carboxylic acids is 2. The number of hydrogen-bond donors (Lipinski definition) is 1. The van der Waals surface area contributed by atoms with E-state index in [4.69, 9.17) is 4.74 Å². The van der Waals surface area contributed by atoms with Gasteiger partial charge in [0.25, 0.3) is 0 Å². The molecule has 0 saturated heterocycles. The fourth-order valence-corrected chi connectivity index (χ4v) is 6.18. The van der Waals surface area contributed by atoms with Gasteiger partial charge in [0, 0.05) is 49.2 Å². The molecule has 3 aromatic rings. The summed E-state index contributed by atoms with van der Waals surface area (Å²) in [5, 5.41) is 4.23. The Morgan fingerprint density at radius 2 is 1.47 bits per heavy atom. The monoisotopic (exact) mass is 617 g/mol. The maximum atomic E-state index is 13.0. The molecule has 2 aromatic carbocycles. The highest BCUT2D eigenvalue weighted by Crippen LogP contribution is 2.30. The van der Waals surface area contributed by atoms with Crippen molar-refractivity contribution in [2.75, 3.05) is 26.7 Å². The summed E-state index contributed by atoms with van der Waals surface area (Å²) in [6.45, 7) is 9.83. The first kappa shape index (κ1) is 36.2. The molecule has 0 aliphatic carbocycles. The van der Waals surface area contributed by atoms with Gasteiger partial charge in [-0.15, -0.1) is 0 Å². The largest absolute Gasteiger partial charge is 0.497 e. The van der Waals surface area contributed by atoms with Gasteiger partial charge in [0.15, 0.2) is 0 Å². The molecule has 2 amide bonds. The van der Waals surface area contributed by atoms with E-state index in [1.54, 1.807) is 7.11 Å². The van der Waals surface area contributed by atoms with Crippen molar-refractivity contribution in [3.63, 3.8) is 0 Å². The summed E-state index contributed by atoms with van der Waals surface area (Å²) in [5.74, 6) is 1.19.